The minimum Gasteiger partial charge on any atom is -0.391 e. The Morgan fingerprint density at radius 1 is 1.11 bits per heavy atom. The highest BCUT2D eigenvalue weighted by Crippen LogP contribution is 2.27. The van der Waals surface area contributed by atoms with Gasteiger partial charge in [-0.3, -0.25) is 0 Å². The molecule has 9 heteroatoms. The van der Waals surface area contributed by atoms with Crippen molar-refractivity contribution in [3.8, 4) is 0 Å². The number of anilines is 3. The number of hydrogen-bond donors (Lipinski definition) is 2. The minimum atomic E-state index is -0.301. The van der Waals surface area contributed by atoms with Gasteiger partial charge in [-0.1, -0.05) is 0 Å². The molecule has 2 aliphatic rings. The fourth-order valence-corrected chi connectivity index (χ4v) is 4.01. The quantitative estimate of drug-likeness (QED) is 0.760. The summed E-state index contributed by atoms with van der Waals surface area (Å²) in [6.45, 7) is 5.11. The molecule has 0 aliphatic carbocycles. The average Bonchev–Trinajstić information content (AvgIpc) is 3.31. The molecule has 2 atom stereocenters. The molecule has 2 saturated heterocycles. The van der Waals surface area contributed by atoms with Gasteiger partial charge in [-0.05, 0) is 20.5 Å². The van der Waals surface area contributed by atoms with E-state index in [0.29, 0.717) is 6.54 Å². The Morgan fingerprint density at radius 3 is 2.56 bits per heavy atom. The molecule has 0 radical (unpaired) electrons. The van der Waals surface area contributed by atoms with E-state index in [9.17, 15) is 5.11 Å². The zero-order chi connectivity index (χ0) is 18.8. The smallest absolute Gasteiger partial charge is 0.202 e. The van der Waals surface area contributed by atoms with Crippen LogP contribution in [0, 0.1) is 0 Å². The van der Waals surface area contributed by atoms with Crippen LogP contribution < -0.4 is 14.7 Å². The van der Waals surface area contributed by atoms with E-state index in [-0.39, 0.29) is 12.1 Å². The molecule has 4 heterocycles. The maximum atomic E-state index is 10.2. The third-order valence-electron chi connectivity index (χ3n) is 5.29. The average molecular weight is 372 g/mol. The van der Waals surface area contributed by atoms with Crippen molar-refractivity contribution in [3.63, 3.8) is 0 Å². The van der Waals surface area contributed by atoms with Gasteiger partial charge in [0.1, 0.15) is 18.0 Å². The predicted octanol–water partition coefficient (Wildman–Crippen LogP) is 0.0275. The number of rotatable bonds is 5. The molecule has 146 valence electrons. The highest BCUT2D eigenvalue weighted by molar-refractivity contribution is 5.52. The van der Waals surface area contributed by atoms with E-state index < -0.39 is 0 Å². The lowest BCUT2D eigenvalue weighted by Gasteiger charge is -2.35. The molecule has 2 N–H and O–H groups in total. The van der Waals surface area contributed by atoms with Crippen LogP contribution >= 0.6 is 0 Å². The van der Waals surface area contributed by atoms with E-state index in [1.54, 1.807) is 12.5 Å². The summed E-state index contributed by atoms with van der Waals surface area (Å²) in [7, 11) is 4.12. The number of nitrogens with one attached hydrogen (secondary N) is 1. The maximum Gasteiger partial charge on any atom is 0.202 e. The van der Waals surface area contributed by atoms with Gasteiger partial charge in [-0.2, -0.15) is 0 Å². The number of H-pyrrole nitrogens is 1. The Morgan fingerprint density at radius 2 is 1.85 bits per heavy atom. The highest BCUT2D eigenvalue weighted by atomic mass is 16.3. The van der Waals surface area contributed by atoms with Crippen molar-refractivity contribution in [2.75, 3.05) is 68.1 Å². The molecule has 4 rings (SSSR count). The number of aromatic amines is 1. The summed E-state index contributed by atoms with van der Waals surface area (Å²) in [6.07, 6.45) is 5.76. The number of hydrogen-bond acceptors (Lipinski definition) is 8. The van der Waals surface area contributed by atoms with Gasteiger partial charge in [0.05, 0.1) is 6.10 Å². The summed E-state index contributed by atoms with van der Waals surface area (Å²) in [6, 6.07) is 2.33. The first kappa shape index (κ1) is 18.0. The van der Waals surface area contributed by atoms with Crippen molar-refractivity contribution in [3.05, 3.63) is 24.8 Å². The van der Waals surface area contributed by atoms with E-state index in [0.717, 1.165) is 56.7 Å². The van der Waals surface area contributed by atoms with Gasteiger partial charge in [0.25, 0.3) is 0 Å². The van der Waals surface area contributed by atoms with Gasteiger partial charge >= 0.3 is 0 Å². The van der Waals surface area contributed by atoms with Crippen LogP contribution in [0.1, 0.15) is 6.42 Å². The van der Waals surface area contributed by atoms with Crippen LogP contribution in [0.2, 0.25) is 0 Å². The zero-order valence-electron chi connectivity index (χ0n) is 16.0. The van der Waals surface area contributed by atoms with Gasteiger partial charge in [0.2, 0.25) is 5.95 Å². The summed E-state index contributed by atoms with van der Waals surface area (Å²) in [5.74, 6) is 2.77. The Kier molecular flexibility index (Phi) is 5.13. The van der Waals surface area contributed by atoms with Crippen LogP contribution in [0.4, 0.5) is 17.6 Å². The molecular formula is C18H28N8O. The summed E-state index contributed by atoms with van der Waals surface area (Å²) >= 11 is 0. The lowest BCUT2D eigenvalue weighted by atomic mass is 10.2. The molecule has 2 fully saturated rings. The summed E-state index contributed by atoms with van der Waals surface area (Å²) in [5.41, 5.74) is 0. The van der Waals surface area contributed by atoms with Crippen LogP contribution in [0.5, 0.6) is 0 Å². The van der Waals surface area contributed by atoms with Crippen LogP contribution in [0.25, 0.3) is 0 Å². The van der Waals surface area contributed by atoms with Crippen LogP contribution in [-0.4, -0.2) is 95.5 Å². The van der Waals surface area contributed by atoms with Gasteiger partial charge in [-0.15, -0.1) is 0 Å². The number of aliphatic hydroxyl groups is 1. The van der Waals surface area contributed by atoms with Crippen molar-refractivity contribution in [2.24, 2.45) is 0 Å². The Bertz CT molecular complexity index is 729. The Balaban J connectivity index is 1.45. The molecule has 0 unspecified atom stereocenters. The van der Waals surface area contributed by atoms with E-state index in [1.165, 1.54) is 0 Å². The SMILES string of the molecule is CN(C)C[C@H]1C[C@@H](O)CN1c1cc(N2CCN(c3ncc[nH]3)CC2)ncn1. The van der Waals surface area contributed by atoms with Gasteiger partial charge < -0.3 is 29.7 Å². The summed E-state index contributed by atoms with van der Waals surface area (Å²) in [5, 5.41) is 10.2. The van der Waals surface area contributed by atoms with Gasteiger partial charge in [0.15, 0.2) is 0 Å². The second-order valence-electron chi connectivity index (χ2n) is 7.58. The number of imidazole rings is 1. The molecule has 0 bridgehead atoms. The van der Waals surface area contributed by atoms with E-state index >= 15 is 0 Å². The molecule has 0 amide bonds. The molecule has 2 aliphatic heterocycles. The third kappa shape index (κ3) is 3.98. The molecule has 9 nitrogen and oxygen atoms in total. The predicted molar refractivity (Wildman–Crippen MR) is 105 cm³/mol. The highest BCUT2D eigenvalue weighted by Gasteiger charge is 2.32. The molecule has 0 saturated carbocycles. The van der Waals surface area contributed by atoms with Crippen molar-refractivity contribution in [1.29, 1.82) is 0 Å². The first-order valence-corrected chi connectivity index (χ1v) is 9.51. The monoisotopic (exact) mass is 372 g/mol. The second kappa shape index (κ2) is 7.69. The number of likely N-dealkylation sites (N-methyl/N-ethyl adjacent to an activating group) is 1. The second-order valence-corrected chi connectivity index (χ2v) is 7.58. The van der Waals surface area contributed by atoms with Gasteiger partial charge in [0, 0.05) is 63.8 Å². The maximum absolute atomic E-state index is 10.2. The lowest BCUT2D eigenvalue weighted by Crippen LogP contribution is -2.47. The van der Waals surface area contributed by atoms with Crippen LogP contribution in [0.3, 0.4) is 0 Å². The fraction of sp³-hybridized carbons (Fsp3) is 0.611. The molecule has 0 spiro atoms. The van der Waals surface area contributed by atoms with Gasteiger partial charge in [-0.25, -0.2) is 15.0 Å². The topological polar surface area (TPSA) is 87.7 Å². The number of β-amino-alcohol motifs (C(OH)–C–C–N with tert-alkyl or cyclic N) is 1. The van der Waals surface area contributed by atoms with Crippen molar-refractivity contribution in [2.45, 2.75) is 18.6 Å². The van der Waals surface area contributed by atoms with Crippen molar-refractivity contribution < 1.29 is 5.11 Å². The lowest BCUT2D eigenvalue weighted by molar-refractivity contribution is 0.191. The Hall–Kier alpha value is -2.39. The summed E-state index contributed by atoms with van der Waals surface area (Å²) in [4.78, 5) is 25.4. The van der Waals surface area contributed by atoms with E-state index in [4.69, 9.17) is 0 Å². The molecular weight excluding hydrogens is 344 g/mol. The summed E-state index contributed by atoms with van der Waals surface area (Å²) < 4.78 is 0. The van der Waals surface area contributed by atoms with E-state index in [1.807, 2.05) is 6.20 Å². The molecule has 0 aromatic carbocycles. The van der Waals surface area contributed by atoms with Crippen molar-refractivity contribution >= 4 is 17.6 Å². The fourth-order valence-electron chi connectivity index (χ4n) is 4.01. The zero-order valence-corrected chi connectivity index (χ0v) is 16.0. The normalized spacial score (nSPS) is 23.5. The Labute approximate surface area is 159 Å². The number of piperazine rings is 1. The largest absolute Gasteiger partial charge is 0.391 e. The van der Waals surface area contributed by atoms with Crippen LogP contribution in [-0.2, 0) is 0 Å². The number of aromatic nitrogens is 4. The van der Waals surface area contributed by atoms with Crippen LogP contribution in [0.15, 0.2) is 24.8 Å². The third-order valence-corrected chi connectivity index (χ3v) is 5.29. The van der Waals surface area contributed by atoms with Crippen molar-refractivity contribution in [1.82, 2.24) is 24.8 Å². The first-order chi connectivity index (χ1) is 13.1. The standard InChI is InChI=1S/C18H28N8O/c1-23(2)11-14-9-15(27)12-26(14)17-10-16(21-13-22-17)24-5-7-25(8-6-24)18-19-3-4-20-18/h3-4,10,13-15,27H,5-9,11-12H2,1-2H3,(H,19,20)/t14-,15-/m1/s1. The first-order valence-electron chi connectivity index (χ1n) is 9.51. The molecule has 2 aromatic heterocycles. The molecule has 2 aromatic rings. The molecule has 27 heavy (non-hydrogen) atoms. The number of nitrogens with zero attached hydrogens (tertiary/aromatic N) is 7. The van der Waals surface area contributed by atoms with E-state index in [2.05, 4.69) is 59.7 Å². The number of aliphatic hydroxyl groups excluding tert-OH is 1. The minimum absolute atomic E-state index is 0.272.